The van der Waals surface area contributed by atoms with Crippen LogP contribution < -0.4 is 0 Å². The number of hydrogen-bond acceptors (Lipinski definition) is 1. The lowest BCUT2D eigenvalue weighted by Crippen LogP contribution is -2.00. The lowest BCUT2D eigenvalue weighted by Gasteiger charge is -2.09. The molecule has 4 rings (SSSR count). The van der Waals surface area contributed by atoms with Crippen LogP contribution in [0.25, 0.3) is 17.2 Å². The molecule has 0 radical (unpaired) electrons. The highest BCUT2D eigenvalue weighted by atomic mass is 19.2. The molecule has 1 fully saturated rings. The molecule has 0 saturated carbocycles. The molecule has 0 bridgehead atoms. The summed E-state index contributed by atoms with van der Waals surface area (Å²) >= 11 is 0. The van der Waals surface area contributed by atoms with E-state index in [1.807, 2.05) is 0 Å². The zero-order chi connectivity index (χ0) is 20.5. The first-order valence-electron chi connectivity index (χ1n) is 9.27. The molecule has 1 unspecified atom stereocenters. The molecule has 0 aromatic heterocycles. The molecule has 0 N–H and O–H groups in total. The molecule has 29 heavy (non-hydrogen) atoms. The summed E-state index contributed by atoms with van der Waals surface area (Å²) in [6.07, 6.45) is 1.72. The van der Waals surface area contributed by atoms with Gasteiger partial charge in [0.1, 0.15) is 6.10 Å². The summed E-state index contributed by atoms with van der Waals surface area (Å²) in [5.41, 5.74) is 2.24. The molecule has 5 heteroatoms. The highest BCUT2D eigenvalue weighted by molar-refractivity contribution is 5.65. The van der Waals surface area contributed by atoms with Crippen LogP contribution in [-0.2, 0) is 17.6 Å². The van der Waals surface area contributed by atoms with Crippen LogP contribution in [0.1, 0.15) is 28.4 Å². The third-order valence-electron chi connectivity index (χ3n) is 5.15. The fourth-order valence-electron chi connectivity index (χ4n) is 3.35. The van der Waals surface area contributed by atoms with Crippen LogP contribution in [0.15, 0.2) is 55.1 Å². The van der Waals surface area contributed by atoms with E-state index in [1.165, 1.54) is 12.1 Å². The van der Waals surface area contributed by atoms with E-state index < -0.39 is 23.3 Å². The lowest BCUT2D eigenvalue weighted by atomic mass is 9.98. The van der Waals surface area contributed by atoms with Crippen LogP contribution in [0.4, 0.5) is 17.6 Å². The molecule has 0 aliphatic carbocycles. The maximum Gasteiger partial charge on any atom is 0.167 e. The molecule has 1 aliphatic heterocycles. The van der Waals surface area contributed by atoms with Gasteiger partial charge in [0.05, 0.1) is 6.61 Å². The fourth-order valence-corrected chi connectivity index (χ4v) is 3.35. The SMILES string of the molecule is C=Cc1ccc(CCc2ccc(-c3ccc(C4CO4)c(F)c3F)cc2)c(F)c1F. The summed E-state index contributed by atoms with van der Waals surface area (Å²) in [4.78, 5) is 0. The lowest BCUT2D eigenvalue weighted by molar-refractivity contribution is 0.401. The topological polar surface area (TPSA) is 12.5 Å². The summed E-state index contributed by atoms with van der Waals surface area (Å²) in [7, 11) is 0. The predicted octanol–water partition coefficient (Wildman–Crippen LogP) is 6.41. The van der Waals surface area contributed by atoms with Crippen LogP contribution in [0.2, 0.25) is 0 Å². The Morgan fingerprint density at radius 3 is 2.21 bits per heavy atom. The molecular formula is C24H18F4O. The van der Waals surface area contributed by atoms with Gasteiger partial charge in [-0.15, -0.1) is 0 Å². The fraction of sp³-hybridized carbons (Fsp3) is 0.167. The number of aryl methyl sites for hydroxylation is 2. The molecule has 3 aromatic carbocycles. The van der Waals surface area contributed by atoms with E-state index in [1.54, 1.807) is 42.5 Å². The summed E-state index contributed by atoms with van der Waals surface area (Å²) in [6, 6.07) is 13.1. The molecule has 1 heterocycles. The largest absolute Gasteiger partial charge is 0.368 e. The Kier molecular flexibility index (Phi) is 5.24. The smallest absolute Gasteiger partial charge is 0.167 e. The van der Waals surface area contributed by atoms with E-state index in [9.17, 15) is 17.6 Å². The van der Waals surface area contributed by atoms with Gasteiger partial charge in [0.25, 0.3) is 0 Å². The molecule has 1 saturated heterocycles. The van der Waals surface area contributed by atoms with Gasteiger partial charge >= 0.3 is 0 Å². The van der Waals surface area contributed by atoms with Crippen molar-refractivity contribution in [3.05, 3.63) is 101 Å². The van der Waals surface area contributed by atoms with Crippen molar-refractivity contribution in [2.45, 2.75) is 18.9 Å². The Hall–Kier alpha value is -2.92. The van der Waals surface area contributed by atoms with Crippen molar-refractivity contribution in [1.82, 2.24) is 0 Å². The minimum atomic E-state index is -0.898. The number of rotatable bonds is 6. The zero-order valence-corrected chi connectivity index (χ0v) is 15.5. The Balaban J connectivity index is 1.50. The second-order valence-corrected chi connectivity index (χ2v) is 7.00. The first kappa shape index (κ1) is 19.4. The van der Waals surface area contributed by atoms with Crippen molar-refractivity contribution in [2.24, 2.45) is 0 Å². The summed E-state index contributed by atoms with van der Waals surface area (Å²) in [5, 5.41) is 0. The van der Waals surface area contributed by atoms with Gasteiger partial charge < -0.3 is 4.74 Å². The van der Waals surface area contributed by atoms with Crippen LogP contribution in [-0.4, -0.2) is 6.61 Å². The number of benzene rings is 3. The molecule has 1 atom stereocenters. The Bertz CT molecular complexity index is 1070. The van der Waals surface area contributed by atoms with E-state index in [2.05, 4.69) is 6.58 Å². The van der Waals surface area contributed by atoms with Gasteiger partial charge in [0.2, 0.25) is 0 Å². The first-order chi connectivity index (χ1) is 14.0. The number of hydrogen-bond donors (Lipinski definition) is 0. The van der Waals surface area contributed by atoms with Crippen molar-refractivity contribution in [1.29, 1.82) is 0 Å². The van der Waals surface area contributed by atoms with Crippen molar-refractivity contribution >= 4 is 6.08 Å². The zero-order valence-electron chi connectivity index (χ0n) is 15.5. The number of epoxide rings is 1. The molecule has 1 nitrogen and oxygen atoms in total. The first-order valence-corrected chi connectivity index (χ1v) is 9.27. The molecular weight excluding hydrogens is 380 g/mol. The predicted molar refractivity (Wildman–Crippen MR) is 104 cm³/mol. The van der Waals surface area contributed by atoms with E-state index >= 15 is 0 Å². The Labute approximate surface area is 166 Å². The Morgan fingerprint density at radius 1 is 0.828 bits per heavy atom. The summed E-state index contributed by atoms with van der Waals surface area (Å²) < 4.78 is 61.6. The van der Waals surface area contributed by atoms with Crippen LogP contribution in [0.3, 0.4) is 0 Å². The van der Waals surface area contributed by atoms with Crippen LogP contribution in [0, 0.1) is 23.3 Å². The Morgan fingerprint density at radius 2 is 1.55 bits per heavy atom. The minimum absolute atomic E-state index is 0.129. The van der Waals surface area contributed by atoms with Gasteiger partial charge in [-0.05, 0) is 29.5 Å². The van der Waals surface area contributed by atoms with Gasteiger partial charge in [0.15, 0.2) is 23.3 Å². The average Bonchev–Trinajstić information content (AvgIpc) is 3.57. The molecule has 0 spiro atoms. The standard InChI is InChI=1S/C24H18F4O/c1-2-15-9-10-17(22(26)21(15)25)8-5-14-3-6-16(7-4-14)18-11-12-19(20-13-29-20)24(28)23(18)27/h2-4,6-7,9-12,20H,1,5,8,13H2. The second-order valence-electron chi connectivity index (χ2n) is 7.00. The highest BCUT2D eigenvalue weighted by Crippen LogP contribution is 2.35. The van der Waals surface area contributed by atoms with E-state index in [0.717, 1.165) is 5.56 Å². The minimum Gasteiger partial charge on any atom is -0.368 e. The van der Waals surface area contributed by atoms with Crippen LogP contribution >= 0.6 is 0 Å². The third kappa shape index (κ3) is 3.83. The van der Waals surface area contributed by atoms with Gasteiger partial charge in [-0.25, -0.2) is 17.6 Å². The van der Waals surface area contributed by atoms with Gasteiger partial charge in [0, 0.05) is 16.7 Å². The summed E-state index contributed by atoms with van der Waals surface area (Å²) in [6.45, 7) is 3.86. The van der Waals surface area contributed by atoms with E-state index in [0.29, 0.717) is 25.0 Å². The van der Waals surface area contributed by atoms with Crippen molar-refractivity contribution < 1.29 is 22.3 Å². The second kappa shape index (κ2) is 7.84. The quantitative estimate of drug-likeness (QED) is 0.345. The van der Waals surface area contributed by atoms with Crippen molar-refractivity contribution in [3.8, 4) is 11.1 Å². The number of halogens is 4. The molecule has 1 aliphatic rings. The van der Waals surface area contributed by atoms with E-state index in [4.69, 9.17) is 4.74 Å². The van der Waals surface area contributed by atoms with Crippen molar-refractivity contribution in [2.75, 3.05) is 6.61 Å². The average molecular weight is 398 g/mol. The molecule has 0 amide bonds. The third-order valence-corrected chi connectivity index (χ3v) is 5.15. The highest BCUT2D eigenvalue weighted by Gasteiger charge is 2.30. The van der Waals surface area contributed by atoms with Gasteiger partial charge in [-0.2, -0.15) is 0 Å². The van der Waals surface area contributed by atoms with E-state index in [-0.39, 0.29) is 28.4 Å². The normalized spacial score (nSPS) is 15.4. The maximum atomic E-state index is 14.4. The van der Waals surface area contributed by atoms with Crippen molar-refractivity contribution in [3.63, 3.8) is 0 Å². The molecule has 148 valence electrons. The summed E-state index contributed by atoms with van der Waals surface area (Å²) in [5.74, 6) is -3.54. The molecule has 3 aromatic rings. The van der Waals surface area contributed by atoms with Gasteiger partial charge in [-0.1, -0.05) is 61.2 Å². The monoisotopic (exact) mass is 398 g/mol. The maximum absolute atomic E-state index is 14.4. The number of ether oxygens (including phenoxy) is 1. The van der Waals surface area contributed by atoms with Gasteiger partial charge in [-0.3, -0.25) is 0 Å². The van der Waals surface area contributed by atoms with Crippen LogP contribution in [0.5, 0.6) is 0 Å².